The van der Waals surface area contributed by atoms with E-state index in [1.165, 1.54) is 17.8 Å². The Labute approximate surface area is 351 Å². The van der Waals surface area contributed by atoms with Gasteiger partial charge in [0.05, 0.1) is 70.6 Å². The zero-order valence-electron chi connectivity index (χ0n) is 34.7. The monoisotopic (exact) mass is 844 g/mol. The van der Waals surface area contributed by atoms with E-state index in [2.05, 4.69) is 26.1 Å². The van der Waals surface area contributed by atoms with Gasteiger partial charge in [0.15, 0.2) is 0 Å². The molecule has 1 aliphatic heterocycles. The number of nitrogens with two attached hydrogens (primary N) is 1. The van der Waals surface area contributed by atoms with Crippen molar-refractivity contribution < 1.29 is 47.2 Å². The van der Waals surface area contributed by atoms with Crippen LogP contribution >= 0.6 is 11.8 Å². The van der Waals surface area contributed by atoms with Gasteiger partial charge in [0.25, 0.3) is 0 Å². The van der Waals surface area contributed by atoms with Gasteiger partial charge in [-0.1, -0.05) is 51.1 Å². The number of nitrogens with zero attached hydrogens (tertiary/aromatic N) is 2. The largest absolute Gasteiger partial charge is 0.481 e. The summed E-state index contributed by atoms with van der Waals surface area (Å²) in [5, 5.41) is 13.4. The number of carbonyl (C=O) groups excluding carboxylic acids is 2. The molecule has 0 aliphatic carbocycles. The van der Waals surface area contributed by atoms with Crippen molar-refractivity contribution >= 4 is 29.4 Å². The van der Waals surface area contributed by atoms with Gasteiger partial charge >= 0.3 is 5.97 Å². The lowest BCUT2D eigenvalue weighted by Crippen LogP contribution is -2.45. The van der Waals surface area contributed by atoms with Crippen molar-refractivity contribution in [2.45, 2.75) is 52.6 Å². The summed E-state index contributed by atoms with van der Waals surface area (Å²) in [4.78, 5) is 41.4. The van der Waals surface area contributed by atoms with Gasteiger partial charge in [0, 0.05) is 61.2 Å². The van der Waals surface area contributed by atoms with Gasteiger partial charge in [0.2, 0.25) is 5.91 Å². The number of benzene rings is 2. The van der Waals surface area contributed by atoms with Gasteiger partial charge in [0.1, 0.15) is 17.4 Å². The molecule has 3 aromatic rings. The molecule has 1 aromatic heterocycles. The highest BCUT2D eigenvalue weighted by Gasteiger charge is 2.39. The summed E-state index contributed by atoms with van der Waals surface area (Å²) in [6.07, 6.45) is 2.61. The third-order valence-corrected chi connectivity index (χ3v) is 11.1. The Morgan fingerprint density at radius 1 is 0.949 bits per heavy atom. The van der Waals surface area contributed by atoms with Crippen LogP contribution in [-0.4, -0.2) is 123 Å². The van der Waals surface area contributed by atoms with Crippen LogP contribution in [0, 0.1) is 28.9 Å². The van der Waals surface area contributed by atoms with Crippen LogP contribution in [0.5, 0.6) is 0 Å². The summed E-state index contributed by atoms with van der Waals surface area (Å²) in [6.45, 7) is 12.1. The first kappa shape index (κ1) is 48.0. The molecule has 1 amide bonds. The fraction of sp³-hybridized carbons (Fsp3) is 0.568. The molecule has 2 heterocycles. The van der Waals surface area contributed by atoms with Crippen molar-refractivity contribution in [3.8, 4) is 11.1 Å². The Balaban J connectivity index is 1.40. The maximum Gasteiger partial charge on any atom is 0.307 e. The van der Waals surface area contributed by atoms with Crippen LogP contribution in [0.4, 0.5) is 8.78 Å². The summed E-state index contributed by atoms with van der Waals surface area (Å²) in [7, 11) is 0. The van der Waals surface area contributed by atoms with Crippen molar-refractivity contribution in [2.24, 2.45) is 23.0 Å². The summed E-state index contributed by atoms with van der Waals surface area (Å²) in [6, 6.07) is 14.6. The molecule has 4 N–H and O–H groups in total. The number of rotatable bonds is 28. The Kier molecular flexibility index (Phi) is 20.5. The average molecular weight is 845 g/mol. The summed E-state index contributed by atoms with van der Waals surface area (Å²) < 4.78 is 53.3. The lowest BCUT2D eigenvalue weighted by molar-refractivity contribution is -0.143. The van der Waals surface area contributed by atoms with Crippen molar-refractivity contribution in [3.05, 3.63) is 83.7 Å². The van der Waals surface area contributed by atoms with E-state index in [1.807, 2.05) is 52.1 Å². The Hall–Kier alpha value is -3.70. The van der Waals surface area contributed by atoms with Crippen molar-refractivity contribution in [2.75, 3.05) is 90.5 Å². The van der Waals surface area contributed by atoms with Crippen LogP contribution in [0.25, 0.3) is 11.1 Å². The topological polar surface area (TPSA) is 155 Å². The number of hydrogen-bond donors (Lipinski definition) is 3. The second-order valence-corrected chi connectivity index (χ2v) is 16.9. The van der Waals surface area contributed by atoms with E-state index in [0.29, 0.717) is 64.8 Å². The quantitative estimate of drug-likeness (QED) is 0.0759. The molecule has 0 bridgehead atoms. The van der Waals surface area contributed by atoms with Crippen LogP contribution in [-0.2, 0) is 39.9 Å². The van der Waals surface area contributed by atoms with Gasteiger partial charge in [-0.3, -0.25) is 14.4 Å². The number of ketones is 1. The standard InChI is InChI=1S/C44H62F2N4O8S/c1-44(2,3)42(40-24-34(38-25-36(45)9-10-39(38)46)29-49(40)27-32-7-5-4-6-8-32)50(28-33-11-14-48-26-33)41(52)31-59-30-35(43(53)54)23-37(51)12-15-55-17-19-57-21-22-58-20-18-56-16-13-47/h4-10,24-25,29,33,35,42,48H,11-23,26-28,30-31,47H2,1-3H3,(H,53,54)/t33?,35-,42-/m0/s1. The van der Waals surface area contributed by atoms with Crippen molar-refractivity contribution in [1.29, 1.82) is 0 Å². The molecule has 0 saturated carbocycles. The zero-order chi connectivity index (χ0) is 42.6. The molecule has 15 heteroatoms. The molecule has 4 rings (SSSR count). The number of halogens is 2. The van der Waals surface area contributed by atoms with Crippen molar-refractivity contribution in [3.63, 3.8) is 0 Å². The summed E-state index contributed by atoms with van der Waals surface area (Å²) in [5.41, 5.74) is 7.28. The highest BCUT2D eigenvalue weighted by atomic mass is 32.2. The van der Waals surface area contributed by atoms with E-state index in [1.54, 1.807) is 0 Å². The zero-order valence-corrected chi connectivity index (χ0v) is 35.5. The first-order valence-electron chi connectivity index (χ1n) is 20.4. The molecular weight excluding hydrogens is 783 g/mol. The second-order valence-electron chi connectivity index (χ2n) is 15.8. The molecule has 1 unspecified atom stereocenters. The van der Waals surface area contributed by atoms with E-state index < -0.39 is 35.0 Å². The minimum absolute atomic E-state index is 0.00564. The maximum atomic E-state index is 15.2. The highest BCUT2D eigenvalue weighted by molar-refractivity contribution is 7.99. The molecule has 1 saturated heterocycles. The molecule has 0 radical (unpaired) electrons. The molecule has 59 heavy (non-hydrogen) atoms. The molecule has 1 fully saturated rings. The number of carboxylic acid groups (broad SMARTS) is 1. The third kappa shape index (κ3) is 16.4. The second kappa shape index (κ2) is 25.2. The van der Waals surface area contributed by atoms with Crippen molar-refractivity contribution in [1.82, 2.24) is 14.8 Å². The number of nitrogens with one attached hydrogen (secondary N) is 1. The van der Waals surface area contributed by atoms with Crippen LogP contribution < -0.4 is 11.1 Å². The van der Waals surface area contributed by atoms with Gasteiger partial charge in [-0.25, -0.2) is 8.78 Å². The molecule has 12 nitrogen and oxygen atoms in total. The minimum Gasteiger partial charge on any atom is -0.481 e. The number of Topliss-reactive ketones (excluding diaryl/α,β-unsaturated/α-hetero) is 1. The number of carbonyl (C=O) groups is 3. The Bertz CT molecular complexity index is 1740. The van der Waals surface area contributed by atoms with E-state index >= 15 is 4.39 Å². The normalized spacial score (nSPS) is 15.3. The molecule has 2 aromatic carbocycles. The van der Waals surface area contributed by atoms with E-state index in [4.69, 9.17) is 24.7 Å². The highest BCUT2D eigenvalue weighted by Crippen LogP contribution is 2.42. The van der Waals surface area contributed by atoms with Gasteiger partial charge < -0.3 is 44.6 Å². The van der Waals surface area contributed by atoms with E-state index in [9.17, 15) is 23.9 Å². The van der Waals surface area contributed by atoms with E-state index in [0.717, 1.165) is 42.9 Å². The number of thioether (sulfide) groups is 1. The molecule has 0 spiro atoms. The maximum absolute atomic E-state index is 15.2. The first-order chi connectivity index (χ1) is 28.4. The third-order valence-electron chi connectivity index (χ3n) is 9.99. The number of hydrogen-bond acceptors (Lipinski definition) is 10. The van der Waals surface area contributed by atoms with Crippen LogP contribution in [0.1, 0.15) is 57.3 Å². The fourth-order valence-corrected chi connectivity index (χ4v) is 8.11. The predicted molar refractivity (Wildman–Crippen MR) is 225 cm³/mol. The van der Waals surface area contributed by atoms with Gasteiger partial charge in [-0.2, -0.15) is 11.8 Å². The number of aliphatic carboxylic acids is 1. The minimum atomic E-state index is -1.10. The molecule has 3 atom stereocenters. The van der Waals surface area contributed by atoms with E-state index in [-0.39, 0.29) is 60.7 Å². The number of ether oxygens (including phenoxy) is 4. The Morgan fingerprint density at radius 3 is 2.22 bits per heavy atom. The molecular formula is C44H62F2N4O8S. The molecule has 1 aliphatic rings. The summed E-state index contributed by atoms with van der Waals surface area (Å²) in [5.74, 6) is -3.29. The average Bonchev–Trinajstić information content (AvgIpc) is 3.87. The number of aromatic nitrogens is 1. The summed E-state index contributed by atoms with van der Waals surface area (Å²) >= 11 is 1.20. The smallest absolute Gasteiger partial charge is 0.307 e. The van der Waals surface area contributed by atoms with Crippen LogP contribution in [0.3, 0.4) is 0 Å². The Morgan fingerprint density at radius 2 is 1.61 bits per heavy atom. The van der Waals surface area contributed by atoms with Crippen LogP contribution in [0.2, 0.25) is 0 Å². The SMILES string of the molecule is CC(C)(C)[C@H](c1cc(-c2cc(F)ccc2F)cn1Cc1ccccc1)N(CC1CCNC1)C(=O)CSC[C@H](CC(=O)CCOCCOCCOCCOCCN)C(=O)O. The fourth-order valence-electron chi connectivity index (χ4n) is 7.11. The van der Waals surface area contributed by atoms with Crippen LogP contribution in [0.15, 0.2) is 60.8 Å². The lowest BCUT2D eigenvalue weighted by atomic mass is 9.82. The van der Waals surface area contributed by atoms with Gasteiger partial charge in [-0.15, -0.1) is 0 Å². The first-order valence-corrected chi connectivity index (χ1v) is 21.6. The molecule has 326 valence electrons. The lowest BCUT2D eigenvalue weighted by Gasteiger charge is -2.42. The van der Waals surface area contributed by atoms with Gasteiger partial charge in [-0.05, 0) is 60.7 Å². The predicted octanol–water partition coefficient (Wildman–Crippen LogP) is 5.82. The number of carboxylic acids is 1. The number of amides is 1.